The Labute approximate surface area is 164 Å². The van der Waals surface area contributed by atoms with Crippen LogP contribution >= 0.6 is 0 Å². The molecular formula is C21H26N2O5. The minimum atomic E-state index is -0.893. The van der Waals surface area contributed by atoms with Crippen LogP contribution in [0.4, 0.5) is 5.69 Å². The molecule has 28 heavy (non-hydrogen) atoms. The van der Waals surface area contributed by atoms with Crippen molar-refractivity contribution in [2.45, 2.75) is 39.7 Å². The first-order valence-electron chi connectivity index (χ1n) is 9.18. The molecule has 0 aliphatic carbocycles. The number of benzene rings is 1. The first-order chi connectivity index (χ1) is 13.3. The quantitative estimate of drug-likeness (QED) is 0.678. The number of ether oxygens (including phenoxy) is 1. The zero-order valence-corrected chi connectivity index (χ0v) is 16.5. The molecule has 2 aromatic rings. The van der Waals surface area contributed by atoms with Gasteiger partial charge >= 0.3 is 5.97 Å². The van der Waals surface area contributed by atoms with Crippen LogP contribution in [-0.4, -0.2) is 30.4 Å². The highest BCUT2D eigenvalue weighted by atomic mass is 16.5. The summed E-state index contributed by atoms with van der Waals surface area (Å²) in [5, 5.41) is 5.25. The van der Waals surface area contributed by atoms with E-state index in [1.807, 2.05) is 12.1 Å². The molecule has 150 valence electrons. The Bertz CT molecular complexity index is 795. The van der Waals surface area contributed by atoms with Crippen LogP contribution < -0.4 is 10.6 Å². The lowest BCUT2D eigenvalue weighted by Crippen LogP contribution is -2.45. The van der Waals surface area contributed by atoms with Gasteiger partial charge in [-0.3, -0.25) is 9.59 Å². The number of carbonyl (C=O) groups is 3. The van der Waals surface area contributed by atoms with Gasteiger partial charge in [0.15, 0.2) is 12.4 Å². The van der Waals surface area contributed by atoms with Crippen molar-refractivity contribution in [3.63, 3.8) is 0 Å². The molecule has 0 saturated carbocycles. The molecule has 2 rings (SSSR count). The van der Waals surface area contributed by atoms with E-state index in [0.29, 0.717) is 11.6 Å². The molecule has 0 fully saturated rings. The lowest BCUT2D eigenvalue weighted by molar-refractivity contribution is -0.150. The Morgan fingerprint density at radius 2 is 1.71 bits per heavy atom. The smallest absolute Gasteiger partial charge is 0.329 e. The topological polar surface area (TPSA) is 97.6 Å². The molecule has 2 N–H and O–H groups in total. The van der Waals surface area contributed by atoms with Gasteiger partial charge in [0.25, 0.3) is 11.8 Å². The number of esters is 1. The Balaban J connectivity index is 1.87. The minimum Gasteiger partial charge on any atom is -0.459 e. The Morgan fingerprint density at radius 3 is 2.25 bits per heavy atom. The van der Waals surface area contributed by atoms with Gasteiger partial charge in [-0.2, -0.15) is 0 Å². The number of furan rings is 1. The molecule has 0 aliphatic heterocycles. The molecule has 0 aliphatic rings. The summed E-state index contributed by atoms with van der Waals surface area (Å²) < 4.78 is 10.1. The first kappa shape index (κ1) is 21.2. The number of hydrogen-bond donors (Lipinski definition) is 2. The predicted octanol–water partition coefficient (Wildman–Crippen LogP) is 3.34. The van der Waals surface area contributed by atoms with E-state index in [-0.39, 0.29) is 11.7 Å². The molecule has 7 nitrogen and oxygen atoms in total. The van der Waals surface area contributed by atoms with Gasteiger partial charge in [-0.15, -0.1) is 0 Å². The maximum atomic E-state index is 12.3. The monoisotopic (exact) mass is 386 g/mol. The van der Waals surface area contributed by atoms with Gasteiger partial charge in [0.1, 0.15) is 6.04 Å². The molecule has 1 atom stereocenters. The Morgan fingerprint density at radius 1 is 1.04 bits per heavy atom. The predicted molar refractivity (Wildman–Crippen MR) is 105 cm³/mol. The third-order valence-corrected chi connectivity index (χ3v) is 4.16. The van der Waals surface area contributed by atoms with Gasteiger partial charge in [0.2, 0.25) is 0 Å². The summed E-state index contributed by atoms with van der Waals surface area (Å²) in [6.07, 6.45) is 1.37. The Hall–Kier alpha value is -3.09. The van der Waals surface area contributed by atoms with E-state index < -0.39 is 30.4 Å². The van der Waals surface area contributed by atoms with E-state index >= 15 is 0 Å². The minimum absolute atomic E-state index is 0.0982. The summed E-state index contributed by atoms with van der Waals surface area (Å²) in [6, 6.07) is 9.66. The van der Waals surface area contributed by atoms with Crippen molar-refractivity contribution in [1.29, 1.82) is 0 Å². The van der Waals surface area contributed by atoms with Gasteiger partial charge < -0.3 is 19.8 Å². The van der Waals surface area contributed by atoms with E-state index in [9.17, 15) is 14.4 Å². The van der Waals surface area contributed by atoms with E-state index in [2.05, 4.69) is 24.5 Å². The highest BCUT2D eigenvalue weighted by molar-refractivity contribution is 5.96. The third kappa shape index (κ3) is 5.97. The molecule has 1 aromatic carbocycles. The van der Waals surface area contributed by atoms with Gasteiger partial charge in [-0.1, -0.05) is 39.8 Å². The maximum Gasteiger partial charge on any atom is 0.329 e. The number of anilines is 1. The second-order valence-corrected chi connectivity index (χ2v) is 7.11. The number of nitrogens with one attached hydrogen (secondary N) is 2. The average Bonchev–Trinajstić information content (AvgIpc) is 3.19. The van der Waals surface area contributed by atoms with Crippen LogP contribution in [0.1, 0.15) is 49.7 Å². The van der Waals surface area contributed by atoms with Crippen LogP contribution in [0.2, 0.25) is 0 Å². The van der Waals surface area contributed by atoms with Crippen LogP contribution in [0.5, 0.6) is 0 Å². The van der Waals surface area contributed by atoms with Crippen molar-refractivity contribution < 1.29 is 23.5 Å². The number of hydrogen-bond acceptors (Lipinski definition) is 5. The zero-order chi connectivity index (χ0) is 20.7. The van der Waals surface area contributed by atoms with Crippen LogP contribution in [0.15, 0.2) is 47.1 Å². The van der Waals surface area contributed by atoms with E-state index in [1.54, 1.807) is 32.0 Å². The summed E-state index contributed by atoms with van der Waals surface area (Å²) in [5.41, 5.74) is 1.79. The Kier molecular flexibility index (Phi) is 7.37. The van der Waals surface area contributed by atoms with E-state index in [0.717, 1.165) is 5.56 Å². The van der Waals surface area contributed by atoms with Crippen molar-refractivity contribution >= 4 is 23.5 Å². The van der Waals surface area contributed by atoms with Crippen molar-refractivity contribution in [2.75, 3.05) is 11.9 Å². The van der Waals surface area contributed by atoms with Crippen LogP contribution in [-0.2, 0) is 14.3 Å². The molecule has 0 unspecified atom stereocenters. The van der Waals surface area contributed by atoms with Crippen molar-refractivity contribution in [3.05, 3.63) is 54.0 Å². The molecular weight excluding hydrogens is 360 g/mol. The second kappa shape index (κ2) is 9.73. The normalized spacial score (nSPS) is 11.9. The standard InChI is InChI=1S/C21H26N2O5/c1-13(2)15-7-9-16(10-8-15)22-18(24)12-28-21(26)19(14(3)4)23-20(25)17-6-5-11-27-17/h5-11,13-14,19H,12H2,1-4H3,(H,22,24)(H,23,25)/t19-/m0/s1. The average molecular weight is 386 g/mol. The molecule has 1 aromatic heterocycles. The summed E-state index contributed by atoms with van der Waals surface area (Å²) in [4.78, 5) is 36.5. The number of carbonyl (C=O) groups excluding carboxylic acids is 3. The largest absolute Gasteiger partial charge is 0.459 e. The molecule has 0 radical (unpaired) electrons. The lowest BCUT2D eigenvalue weighted by atomic mass is 10.0. The second-order valence-electron chi connectivity index (χ2n) is 7.11. The fourth-order valence-electron chi connectivity index (χ4n) is 2.49. The SMILES string of the molecule is CC(C)c1ccc(NC(=O)COC(=O)[C@@H](NC(=O)c2ccco2)C(C)C)cc1. The summed E-state index contributed by atoms with van der Waals surface area (Å²) >= 11 is 0. The highest BCUT2D eigenvalue weighted by Crippen LogP contribution is 2.17. The van der Waals surface area contributed by atoms with Crippen molar-refractivity contribution in [2.24, 2.45) is 5.92 Å². The van der Waals surface area contributed by atoms with Gasteiger partial charge in [-0.25, -0.2) is 4.79 Å². The van der Waals surface area contributed by atoms with Gasteiger partial charge in [0.05, 0.1) is 6.26 Å². The molecule has 2 amide bonds. The summed E-state index contributed by atoms with van der Waals surface area (Å²) in [7, 11) is 0. The number of amides is 2. The first-order valence-corrected chi connectivity index (χ1v) is 9.18. The summed E-state index contributed by atoms with van der Waals surface area (Å²) in [5.74, 6) is -1.38. The van der Waals surface area contributed by atoms with Gasteiger partial charge in [-0.05, 0) is 41.7 Å². The van der Waals surface area contributed by atoms with Crippen molar-refractivity contribution in [3.8, 4) is 0 Å². The highest BCUT2D eigenvalue weighted by Gasteiger charge is 2.27. The number of rotatable bonds is 8. The fraction of sp³-hybridized carbons (Fsp3) is 0.381. The van der Waals surface area contributed by atoms with Crippen LogP contribution in [0.3, 0.4) is 0 Å². The van der Waals surface area contributed by atoms with Crippen molar-refractivity contribution in [1.82, 2.24) is 5.32 Å². The molecule has 0 spiro atoms. The van der Waals surface area contributed by atoms with E-state index in [1.165, 1.54) is 12.3 Å². The zero-order valence-electron chi connectivity index (χ0n) is 16.5. The van der Waals surface area contributed by atoms with Crippen LogP contribution in [0, 0.1) is 5.92 Å². The molecule has 1 heterocycles. The summed E-state index contributed by atoms with van der Waals surface area (Å²) in [6.45, 7) is 7.27. The third-order valence-electron chi connectivity index (χ3n) is 4.16. The lowest BCUT2D eigenvalue weighted by Gasteiger charge is -2.20. The molecule has 0 bridgehead atoms. The van der Waals surface area contributed by atoms with Crippen LogP contribution in [0.25, 0.3) is 0 Å². The molecule has 7 heteroatoms. The molecule has 0 saturated heterocycles. The van der Waals surface area contributed by atoms with Gasteiger partial charge in [0, 0.05) is 5.69 Å². The van der Waals surface area contributed by atoms with E-state index in [4.69, 9.17) is 9.15 Å². The fourth-order valence-corrected chi connectivity index (χ4v) is 2.49. The maximum absolute atomic E-state index is 12.3.